The summed E-state index contributed by atoms with van der Waals surface area (Å²) in [5.41, 5.74) is 3.36. The van der Waals surface area contributed by atoms with E-state index in [1.165, 1.54) is 27.7 Å². The van der Waals surface area contributed by atoms with Gasteiger partial charge >= 0.3 is 0 Å². The lowest BCUT2D eigenvalue weighted by molar-refractivity contribution is -0.131. The highest BCUT2D eigenvalue weighted by molar-refractivity contribution is 6.08. The van der Waals surface area contributed by atoms with E-state index >= 15 is 0 Å². The van der Waals surface area contributed by atoms with Gasteiger partial charge < -0.3 is 105 Å². The molecule has 7 aromatic rings. The second-order valence-corrected chi connectivity index (χ2v) is 24.7. The van der Waals surface area contributed by atoms with Gasteiger partial charge in [0.15, 0.2) is 69.3 Å². The minimum absolute atomic E-state index is 0.0880. The molecule has 4 amide bonds. The first kappa shape index (κ1) is 72.5. The van der Waals surface area contributed by atoms with Crippen molar-refractivity contribution in [2.75, 3.05) is 211 Å². The van der Waals surface area contributed by atoms with Crippen molar-refractivity contribution in [3.8, 4) is 91.5 Å². The Balaban J connectivity index is 1.02. The van der Waals surface area contributed by atoms with Gasteiger partial charge in [-0.3, -0.25) is 19.2 Å². The van der Waals surface area contributed by atoms with Crippen molar-refractivity contribution in [1.29, 1.82) is 0 Å². The van der Waals surface area contributed by atoms with Crippen LogP contribution in [-0.4, -0.2) is 294 Å². The van der Waals surface area contributed by atoms with Gasteiger partial charge in [-0.25, -0.2) is 29.9 Å². The van der Waals surface area contributed by atoms with Crippen molar-refractivity contribution in [2.45, 2.75) is 27.7 Å². The summed E-state index contributed by atoms with van der Waals surface area (Å²) in [6, 6.07) is 14.6. The first-order valence-corrected chi connectivity index (χ1v) is 35.1. The molecule has 4 aromatic carbocycles. The number of H-pyrrole nitrogens is 2. The number of carbonyl (C=O) groups is 4. The Hall–Kier alpha value is -9.80. The molecular formula is C72H86N12O20. The second kappa shape index (κ2) is 35.1. The van der Waals surface area contributed by atoms with Gasteiger partial charge in [0.1, 0.15) is 75.4 Å². The first-order chi connectivity index (χ1) is 50.9. The average molecular weight is 1440 g/mol. The molecule has 554 valence electrons. The Morgan fingerprint density at radius 3 is 0.596 bits per heavy atom. The summed E-state index contributed by atoms with van der Waals surface area (Å²) >= 11 is 0. The van der Waals surface area contributed by atoms with Crippen molar-refractivity contribution in [3.63, 3.8) is 0 Å². The van der Waals surface area contributed by atoms with E-state index in [2.05, 4.69) is 9.97 Å². The smallest absolute Gasteiger partial charge is 0.219 e. The molecule has 3 aromatic heterocycles. The zero-order chi connectivity index (χ0) is 71.7. The van der Waals surface area contributed by atoms with Gasteiger partial charge in [-0.05, 0) is 48.5 Å². The van der Waals surface area contributed by atoms with E-state index in [0.717, 1.165) is 0 Å². The summed E-state index contributed by atoms with van der Waals surface area (Å²) in [6.45, 7) is 14.0. The predicted octanol–water partition coefficient (Wildman–Crippen LogP) is 5.48. The number of ether oxygens (including phenoxy) is 16. The molecule has 2 N–H and O–H groups in total. The summed E-state index contributed by atoms with van der Waals surface area (Å²) in [5.74, 6) is 3.49. The van der Waals surface area contributed by atoms with Crippen LogP contribution in [0, 0.1) is 0 Å². The molecule has 0 unspecified atom stereocenters. The van der Waals surface area contributed by atoms with Gasteiger partial charge in [0.05, 0.1) is 106 Å². The van der Waals surface area contributed by atoms with E-state index in [1.54, 1.807) is 19.6 Å². The molecule has 0 radical (unpaired) electrons. The number of carbonyl (C=O) groups excluding carboxylic acids is 4. The Kier molecular flexibility index (Phi) is 24.5. The molecule has 13 rings (SSSR count). The summed E-state index contributed by atoms with van der Waals surface area (Å²) in [4.78, 5) is 96.0. The number of fused-ring (bicyclic) bond motifs is 24. The predicted molar refractivity (Wildman–Crippen MR) is 376 cm³/mol. The number of amides is 4. The lowest BCUT2D eigenvalue weighted by atomic mass is 10.1. The molecule has 8 bridgehead atoms. The van der Waals surface area contributed by atoms with E-state index in [-0.39, 0.29) is 205 Å². The maximum atomic E-state index is 12.5. The van der Waals surface area contributed by atoms with E-state index in [0.29, 0.717) is 165 Å². The number of nitrogens with one attached hydrogen (secondary N) is 2. The van der Waals surface area contributed by atoms with Gasteiger partial charge in [-0.2, -0.15) is 0 Å². The SMILES string of the molecule is CC(=O)N1CCOCCOc2cc3c(cc2OCCOCC1)-c1nc-3nc2[nH]c(nc3nc(nc4[nH]c(n1)c1cc5c(cc41)OCCOCCN(C(C)=O)CCOCCO5)-c1cc4c(cc1-3)OCCOCCN(C(C)=O)CCOCCO4)c1cc3c(cc21)OCCOCCN(C(C)=O)CCOCCO3. The third-order valence-electron chi connectivity index (χ3n) is 17.8. The van der Waals surface area contributed by atoms with Gasteiger partial charge in [-0.1, -0.05) is 0 Å². The Labute approximate surface area is 598 Å². The van der Waals surface area contributed by atoms with Gasteiger partial charge in [0.2, 0.25) is 23.6 Å². The normalized spacial score (nSPS) is 18.1. The number of hydrogen-bond donors (Lipinski definition) is 2. The van der Waals surface area contributed by atoms with Crippen LogP contribution >= 0.6 is 0 Å². The van der Waals surface area contributed by atoms with Crippen LogP contribution in [0.25, 0.3) is 89.7 Å². The van der Waals surface area contributed by atoms with Crippen LogP contribution in [0.2, 0.25) is 0 Å². The molecule has 9 heterocycles. The van der Waals surface area contributed by atoms with Crippen LogP contribution in [0.4, 0.5) is 0 Å². The lowest BCUT2D eigenvalue weighted by Crippen LogP contribution is -2.35. The van der Waals surface area contributed by atoms with Crippen LogP contribution in [0.5, 0.6) is 46.0 Å². The molecule has 0 spiro atoms. The molecule has 0 fully saturated rings. The molecule has 6 aliphatic rings. The molecule has 104 heavy (non-hydrogen) atoms. The molecule has 0 saturated carbocycles. The summed E-state index contributed by atoms with van der Waals surface area (Å²) in [7, 11) is 0. The highest BCUT2D eigenvalue weighted by atomic mass is 16.6. The van der Waals surface area contributed by atoms with Crippen LogP contribution in [0.3, 0.4) is 0 Å². The van der Waals surface area contributed by atoms with Crippen molar-refractivity contribution < 1.29 is 95.0 Å². The topological polar surface area (TPSA) is 338 Å². The Morgan fingerprint density at radius 1 is 0.250 bits per heavy atom. The van der Waals surface area contributed by atoms with Crippen molar-refractivity contribution in [2.24, 2.45) is 0 Å². The Bertz CT molecular complexity index is 3890. The van der Waals surface area contributed by atoms with Crippen molar-refractivity contribution >= 4 is 67.8 Å². The third-order valence-corrected chi connectivity index (χ3v) is 17.8. The van der Waals surface area contributed by atoms with Crippen molar-refractivity contribution in [3.05, 3.63) is 48.5 Å². The van der Waals surface area contributed by atoms with Gasteiger partial charge in [0, 0.05) is 124 Å². The average Bonchev–Trinajstić information content (AvgIpc) is 1.59. The van der Waals surface area contributed by atoms with Gasteiger partial charge in [-0.15, -0.1) is 0 Å². The highest BCUT2D eigenvalue weighted by Crippen LogP contribution is 2.46. The lowest BCUT2D eigenvalue weighted by Gasteiger charge is -2.20. The molecular weight excluding hydrogens is 1350 g/mol. The minimum Gasteiger partial charge on any atom is -0.487 e. The monoisotopic (exact) mass is 1440 g/mol. The van der Waals surface area contributed by atoms with Crippen LogP contribution < -0.4 is 37.9 Å². The van der Waals surface area contributed by atoms with E-state index in [1.807, 2.05) is 48.5 Å². The van der Waals surface area contributed by atoms with Crippen LogP contribution in [0.1, 0.15) is 27.7 Å². The van der Waals surface area contributed by atoms with E-state index in [4.69, 9.17) is 106 Å². The van der Waals surface area contributed by atoms with Crippen molar-refractivity contribution in [1.82, 2.24) is 59.5 Å². The Morgan fingerprint density at radius 2 is 0.423 bits per heavy atom. The number of aromatic amines is 2. The van der Waals surface area contributed by atoms with E-state index in [9.17, 15) is 19.2 Å². The molecule has 32 nitrogen and oxygen atoms in total. The fourth-order valence-electron chi connectivity index (χ4n) is 12.3. The molecule has 0 atom stereocenters. The molecule has 32 heteroatoms. The molecule has 6 aliphatic heterocycles. The van der Waals surface area contributed by atoms with Crippen LogP contribution in [-0.2, 0) is 57.1 Å². The number of nitrogens with zero attached hydrogens (tertiary/aromatic N) is 10. The number of rotatable bonds is 0. The zero-order valence-corrected chi connectivity index (χ0v) is 58.9. The largest absolute Gasteiger partial charge is 0.487 e. The number of aromatic nitrogens is 8. The first-order valence-electron chi connectivity index (χ1n) is 35.1. The zero-order valence-electron chi connectivity index (χ0n) is 58.9. The maximum absolute atomic E-state index is 12.5. The molecule has 0 saturated heterocycles. The minimum atomic E-state index is -0.0881. The summed E-state index contributed by atoms with van der Waals surface area (Å²) in [6.07, 6.45) is 0. The fraction of sp³-hybridized carbons (Fsp3) is 0.500. The molecule has 0 aliphatic carbocycles. The number of benzene rings is 4. The maximum Gasteiger partial charge on any atom is 0.219 e. The fourth-order valence-corrected chi connectivity index (χ4v) is 12.3. The highest BCUT2D eigenvalue weighted by Gasteiger charge is 2.29. The third kappa shape index (κ3) is 18.0. The van der Waals surface area contributed by atoms with E-state index < -0.39 is 0 Å². The van der Waals surface area contributed by atoms with Crippen LogP contribution in [0.15, 0.2) is 48.5 Å². The quantitative estimate of drug-likeness (QED) is 0.190. The standard InChI is InChI=1S/C72H86N12O20/c1-45(85)81-5-13-89-21-29-97-57-37-49-50(38-58(57)98-30-22-90-14-6-81)66-73-65(49)77-67-51-39-59-61(101-33-25-93-17-9-82(46(2)86)7-15-91-23-31-99-59)41-53(51)69(74-67)79-71-55-43-63-64(104-36-28-96-20-12-84(48(4)88)11-19-95-27-35-103-63)44-56(55)72(76-71)80-70-54-42-62-60(40-52(54)68(75-70)78-66)100-32-24-92-16-8-83(47(3)87)10-18-94-26-34-102-62/h37-44H,5-36H2,1-4H3,(H2,73,74,75,76,77,78,79,80). The second-order valence-electron chi connectivity index (χ2n) is 24.7. The number of hydrogen-bond acceptors (Lipinski definition) is 26. The summed E-state index contributed by atoms with van der Waals surface area (Å²) in [5, 5.41) is 2.21. The van der Waals surface area contributed by atoms with Gasteiger partial charge in [0.25, 0.3) is 0 Å². The summed E-state index contributed by atoms with van der Waals surface area (Å²) < 4.78 is 100.